The molecule has 1 aromatic carbocycles. The molecule has 1 fully saturated rings. The molecule has 16 heavy (non-hydrogen) atoms. The second-order valence-electron chi connectivity index (χ2n) is 4.93. The van der Waals surface area contributed by atoms with Gasteiger partial charge >= 0.3 is 0 Å². The van der Waals surface area contributed by atoms with E-state index in [1.54, 1.807) is 0 Å². The number of rotatable bonds is 3. The van der Waals surface area contributed by atoms with Gasteiger partial charge in [0.15, 0.2) is 0 Å². The van der Waals surface area contributed by atoms with Gasteiger partial charge < -0.3 is 5.32 Å². The highest BCUT2D eigenvalue weighted by Gasteiger charge is 2.32. The first kappa shape index (κ1) is 11.2. The van der Waals surface area contributed by atoms with Crippen molar-refractivity contribution >= 4 is 11.6 Å². The normalized spacial score (nSPS) is 16.9. The molecule has 1 aliphatic carbocycles. The number of aryl methyl sites for hydroxylation is 2. The summed E-state index contributed by atoms with van der Waals surface area (Å²) in [6, 6.07) is 6.12. The summed E-state index contributed by atoms with van der Waals surface area (Å²) in [6.07, 6.45) is 2.42. The summed E-state index contributed by atoms with van der Waals surface area (Å²) in [5, 5.41) is 3.02. The fourth-order valence-electron chi connectivity index (χ4n) is 2.01. The zero-order valence-electron chi connectivity index (χ0n) is 10.2. The molecule has 0 bridgehead atoms. The number of carbonyl (C=O) groups is 1. The predicted molar refractivity (Wildman–Crippen MR) is 66.4 cm³/mol. The highest BCUT2D eigenvalue weighted by atomic mass is 16.1. The van der Waals surface area contributed by atoms with Crippen LogP contribution in [0, 0.1) is 25.7 Å². The van der Waals surface area contributed by atoms with E-state index in [9.17, 15) is 4.79 Å². The van der Waals surface area contributed by atoms with Crippen LogP contribution in [0.1, 0.15) is 30.9 Å². The average molecular weight is 217 g/mol. The van der Waals surface area contributed by atoms with Gasteiger partial charge in [-0.1, -0.05) is 24.6 Å². The van der Waals surface area contributed by atoms with Crippen molar-refractivity contribution in [3.8, 4) is 0 Å². The third-order valence-corrected chi connectivity index (χ3v) is 3.38. The minimum atomic E-state index is 0.153. The molecule has 1 saturated carbocycles. The molecule has 2 nitrogen and oxygen atoms in total. The first-order valence-electron chi connectivity index (χ1n) is 5.96. The van der Waals surface area contributed by atoms with Crippen LogP contribution in [0.25, 0.3) is 0 Å². The Hall–Kier alpha value is -1.31. The average Bonchev–Trinajstić information content (AvgIpc) is 3.04. The van der Waals surface area contributed by atoms with Crippen molar-refractivity contribution in [2.45, 2.75) is 33.6 Å². The molecule has 2 rings (SSSR count). The lowest BCUT2D eigenvalue weighted by Gasteiger charge is -2.13. The fourth-order valence-corrected chi connectivity index (χ4v) is 2.01. The molecule has 1 atom stereocenters. The second kappa shape index (κ2) is 4.28. The molecule has 1 N–H and O–H groups in total. The van der Waals surface area contributed by atoms with Gasteiger partial charge in [-0.3, -0.25) is 4.79 Å². The standard InChI is InChI=1S/C14H19NO/c1-9-4-7-13(10(2)8-9)15-14(16)11(3)12-5-6-12/h4,7-8,11-12H,5-6H2,1-3H3,(H,15,16). The Morgan fingerprint density at radius 2 is 2.06 bits per heavy atom. The Labute approximate surface area is 97.1 Å². The lowest BCUT2D eigenvalue weighted by molar-refractivity contribution is -0.119. The number of anilines is 1. The second-order valence-corrected chi connectivity index (χ2v) is 4.93. The van der Waals surface area contributed by atoms with Gasteiger partial charge in [0, 0.05) is 11.6 Å². The molecular weight excluding hydrogens is 198 g/mol. The maximum Gasteiger partial charge on any atom is 0.227 e. The quantitative estimate of drug-likeness (QED) is 0.827. The van der Waals surface area contributed by atoms with Crippen LogP contribution in [-0.4, -0.2) is 5.91 Å². The monoisotopic (exact) mass is 217 g/mol. The number of hydrogen-bond donors (Lipinski definition) is 1. The van der Waals surface area contributed by atoms with Crippen LogP contribution in [0.2, 0.25) is 0 Å². The van der Waals surface area contributed by atoms with E-state index >= 15 is 0 Å². The number of nitrogens with one attached hydrogen (secondary N) is 1. The van der Waals surface area contributed by atoms with Crippen LogP contribution in [-0.2, 0) is 4.79 Å². The van der Waals surface area contributed by atoms with E-state index in [4.69, 9.17) is 0 Å². The van der Waals surface area contributed by atoms with Gasteiger partial charge in [0.1, 0.15) is 0 Å². The SMILES string of the molecule is Cc1ccc(NC(=O)C(C)C2CC2)c(C)c1. The maximum absolute atomic E-state index is 11.9. The largest absolute Gasteiger partial charge is 0.326 e. The van der Waals surface area contributed by atoms with E-state index in [1.165, 1.54) is 18.4 Å². The predicted octanol–water partition coefficient (Wildman–Crippen LogP) is 3.29. The third kappa shape index (κ3) is 2.43. The van der Waals surface area contributed by atoms with Gasteiger partial charge in [0.25, 0.3) is 0 Å². The van der Waals surface area contributed by atoms with Crippen LogP contribution in [0.15, 0.2) is 18.2 Å². The van der Waals surface area contributed by atoms with Gasteiger partial charge in [-0.05, 0) is 44.2 Å². The minimum Gasteiger partial charge on any atom is -0.326 e. The molecule has 0 radical (unpaired) electrons. The Morgan fingerprint density at radius 1 is 1.38 bits per heavy atom. The topological polar surface area (TPSA) is 29.1 Å². The van der Waals surface area contributed by atoms with Crippen LogP contribution >= 0.6 is 0 Å². The molecule has 0 heterocycles. The molecule has 0 spiro atoms. The molecule has 0 aliphatic heterocycles. The van der Waals surface area contributed by atoms with Crippen LogP contribution < -0.4 is 5.32 Å². The molecule has 1 unspecified atom stereocenters. The highest BCUT2D eigenvalue weighted by molar-refractivity contribution is 5.93. The van der Waals surface area contributed by atoms with E-state index < -0.39 is 0 Å². The van der Waals surface area contributed by atoms with Gasteiger partial charge in [0.05, 0.1) is 0 Å². The van der Waals surface area contributed by atoms with Crippen molar-refractivity contribution in [3.63, 3.8) is 0 Å². The molecule has 0 saturated heterocycles. The third-order valence-electron chi connectivity index (χ3n) is 3.38. The lowest BCUT2D eigenvalue weighted by atomic mass is 10.0. The van der Waals surface area contributed by atoms with Crippen LogP contribution in [0.5, 0.6) is 0 Å². The maximum atomic E-state index is 11.9. The molecule has 2 heteroatoms. The summed E-state index contributed by atoms with van der Waals surface area (Å²) < 4.78 is 0. The first-order chi connectivity index (χ1) is 7.58. The minimum absolute atomic E-state index is 0.153. The van der Waals surface area contributed by atoms with Crippen LogP contribution in [0.3, 0.4) is 0 Å². The Bertz CT molecular complexity index is 407. The number of hydrogen-bond acceptors (Lipinski definition) is 1. The summed E-state index contributed by atoms with van der Waals surface area (Å²) in [6.45, 7) is 6.12. The molecule has 1 aliphatic rings. The summed E-state index contributed by atoms with van der Waals surface area (Å²) >= 11 is 0. The fraction of sp³-hybridized carbons (Fsp3) is 0.500. The summed E-state index contributed by atoms with van der Waals surface area (Å²) in [4.78, 5) is 11.9. The highest BCUT2D eigenvalue weighted by Crippen LogP contribution is 2.37. The van der Waals surface area contributed by atoms with Crippen molar-refractivity contribution < 1.29 is 4.79 Å². The van der Waals surface area contributed by atoms with Crippen molar-refractivity contribution in [1.82, 2.24) is 0 Å². The zero-order valence-corrected chi connectivity index (χ0v) is 10.2. The van der Waals surface area contributed by atoms with E-state index in [0.717, 1.165) is 11.3 Å². The molecule has 1 amide bonds. The van der Waals surface area contributed by atoms with Gasteiger partial charge in [-0.25, -0.2) is 0 Å². The Kier molecular flexibility index (Phi) is 2.99. The van der Waals surface area contributed by atoms with E-state index in [1.807, 2.05) is 26.0 Å². The summed E-state index contributed by atoms with van der Waals surface area (Å²) in [7, 11) is 0. The van der Waals surface area contributed by atoms with Gasteiger partial charge in [-0.2, -0.15) is 0 Å². The number of carbonyl (C=O) groups excluding carboxylic acids is 1. The first-order valence-corrected chi connectivity index (χ1v) is 5.96. The number of benzene rings is 1. The summed E-state index contributed by atoms with van der Waals surface area (Å²) in [5.74, 6) is 0.931. The molecule has 1 aromatic rings. The van der Waals surface area contributed by atoms with Crippen LogP contribution in [0.4, 0.5) is 5.69 Å². The summed E-state index contributed by atoms with van der Waals surface area (Å²) in [5.41, 5.74) is 3.31. The van der Waals surface area contributed by atoms with Gasteiger partial charge in [-0.15, -0.1) is 0 Å². The van der Waals surface area contributed by atoms with Gasteiger partial charge in [0.2, 0.25) is 5.91 Å². The lowest BCUT2D eigenvalue weighted by Crippen LogP contribution is -2.22. The molecule has 86 valence electrons. The zero-order chi connectivity index (χ0) is 11.7. The smallest absolute Gasteiger partial charge is 0.227 e. The van der Waals surface area contributed by atoms with Crippen molar-refractivity contribution in [2.75, 3.05) is 5.32 Å². The Balaban J connectivity index is 2.05. The Morgan fingerprint density at radius 3 is 2.62 bits per heavy atom. The van der Waals surface area contributed by atoms with Crippen molar-refractivity contribution in [3.05, 3.63) is 29.3 Å². The van der Waals surface area contributed by atoms with E-state index in [0.29, 0.717) is 5.92 Å². The number of amides is 1. The van der Waals surface area contributed by atoms with Crippen molar-refractivity contribution in [2.24, 2.45) is 11.8 Å². The van der Waals surface area contributed by atoms with Crippen molar-refractivity contribution in [1.29, 1.82) is 0 Å². The molecular formula is C14H19NO. The van der Waals surface area contributed by atoms with E-state index in [-0.39, 0.29) is 11.8 Å². The molecule has 0 aromatic heterocycles. The van der Waals surface area contributed by atoms with E-state index in [2.05, 4.69) is 18.3 Å².